The van der Waals surface area contributed by atoms with E-state index < -0.39 is 21.0 Å². The van der Waals surface area contributed by atoms with Gasteiger partial charge < -0.3 is 10.4 Å². The van der Waals surface area contributed by atoms with E-state index >= 15 is 0 Å². The maximum atomic E-state index is 12.3. The first-order valence-electron chi connectivity index (χ1n) is 5.43. The van der Waals surface area contributed by atoms with Crippen molar-refractivity contribution in [2.45, 2.75) is 11.9 Å². The molecular formula is C9H14N4O4S. The first kappa shape index (κ1) is 13.0. The fourth-order valence-corrected chi connectivity index (χ4v) is 3.42. The van der Waals surface area contributed by atoms with Crippen molar-refractivity contribution in [2.24, 2.45) is 0 Å². The van der Waals surface area contributed by atoms with Crippen molar-refractivity contribution in [2.75, 3.05) is 26.2 Å². The Kier molecular flexibility index (Phi) is 3.37. The number of sulfonamides is 1. The van der Waals surface area contributed by atoms with Crippen molar-refractivity contribution < 1.29 is 18.3 Å². The number of nitrogens with one attached hydrogen (secondary N) is 2. The second-order valence-corrected chi connectivity index (χ2v) is 5.84. The first-order valence-corrected chi connectivity index (χ1v) is 6.87. The Balaban J connectivity index is 2.44. The largest absolute Gasteiger partial charge is 0.478 e. The predicted molar refractivity (Wildman–Crippen MR) is 61.9 cm³/mol. The van der Waals surface area contributed by atoms with Crippen molar-refractivity contribution in [3.05, 3.63) is 11.3 Å². The van der Waals surface area contributed by atoms with Crippen LogP contribution in [0.4, 0.5) is 0 Å². The SMILES string of the molecule is Cc1[nH]nc(S(=O)(=O)N2CCNCC2)c1C(=O)O. The molecule has 1 aliphatic rings. The van der Waals surface area contributed by atoms with Crippen molar-refractivity contribution in [1.82, 2.24) is 19.8 Å². The van der Waals surface area contributed by atoms with Crippen LogP contribution >= 0.6 is 0 Å². The van der Waals surface area contributed by atoms with E-state index in [-0.39, 0.29) is 11.3 Å². The summed E-state index contributed by atoms with van der Waals surface area (Å²) in [6.45, 7) is 3.20. The van der Waals surface area contributed by atoms with Crippen LogP contribution in [0.2, 0.25) is 0 Å². The van der Waals surface area contributed by atoms with Gasteiger partial charge in [-0.25, -0.2) is 13.2 Å². The quantitative estimate of drug-likeness (QED) is 0.652. The van der Waals surface area contributed by atoms with Gasteiger partial charge in [-0.3, -0.25) is 5.10 Å². The van der Waals surface area contributed by atoms with Gasteiger partial charge in [0.25, 0.3) is 10.0 Å². The molecule has 1 aromatic rings. The Morgan fingerprint density at radius 3 is 2.56 bits per heavy atom. The Morgan fingerprint density at radius 1 is 1.39 bits per heavy atom. The average Bonchev–Trinajstić information content (AvgIpc) is 2.73. The summed E-state index contributed by atoms with van der Waals surface area (Å²) in [6, 6.07) is 0. The maximum Gasteiger partial charge on any atom is 0.340 e. The number of aryl methyl sites for hydroxylation is 1. The number of carboxylic acids is 1. The number of carbonyl (C=O) groups is 1. The number of carboxylic acid groups (broad SMARTS) is 1. The minimum Gasteiger partial charge on any atom is -0.478 e. The summed E-state index contributed by atoms with van der Waals surface area (Å²) >= 11 is 0. The number of aromatic carboxylic acids is 1. The molecule has 0 bridgehead atoms. The van der Waals surface area contributed by atoms with Gasteiger partial charge in [0, 0.05) is 31.9 Å². The van der Waals surface area contributed by atoms with Crippen LogP contribution in [0.15, 0.2) is 5.03 Å². The summed E-state index contributed by atoms with van der Waals surface area (Å²) in [5.74, 6) is -1.30. The van der Waals surface area contributed by atoms with E-state index in [2.05, 4.69) is 15.5 Å². The van der Waals surface area contributed by atoms with Gasteiger partial charge in [0.2, 0.25) is 5.03 Å². The van der Waals surface area contributed by atoms with E-state index in [4.69, 9.17) is 5.11 Å². The van der Waals surface area contributed by atoms with Crippen LogP contribution in [-0.2, 0) is 10.0 Å². The molecule has 1 aromatic heterocycles. The Bertz CT molecular complexity index is 559. The molecule has 0 amide bonds. The van der Waals surface area contributed by atoms with Crippen molar-refractivity contribution in [1.29, 1.82) is 0 Å². The second-order valence-electron chi connectivity index (χ2n) is 3.99. The molecule has 100 valence electrons. The molecule has 1 saturated heterocycles. The van der Waals surface area contributed by atoms with Gasteiger partial charge in [0.1, 0.15) is 5.56 Å². The highest BCUT2D eigenvalue weighted by Gasteiger charge is 2.33. The summed E-state index contributed by atoms with van der Waals surface area (Å²) < 4.78 is 25.8. The third-order valence-corrected chi connectivity index (χ3v) is 4.62. The van der Waals surface area contributed by atoms with Crippen LogP contribution in [0.1, 0.15) is 16.1 Å². The molecule has 0 saturated carbocycles. The number of piperazine rings is 1. The van der Waals surface area contributed by atoms with Crippen molar-refractivity contribution >= 4 is 16.0 Å². The Morgan fingerprint density at radius 2 is 2.00 bits per heavy atom. The normalized spacial score (nSPS) is 17.8. The molecule has 1 fully saturated rings. The molecule has 2 rings (SSSR count). The molecule has 0 radical (unpaired) electrons. The third kappa shape index (κ3) is 2.11. The molecule has 9 heteroatoms. The summed E-state index contributed by atoms with van der Waals surface area (Å²) in [5, 5.41) is 17.7. The highest BCUT2D eigenvalue weighted by molar-refractivity contribution is 7.89. The zero-order valence-electron chi connectivity index (χ0n) is 9.80. The van der Waals surface area contributed by atoms with Crippen LogP contribution in [0, 0.1) is 6.92 Å². The molecule has 0 spiro atoms. The van der Waals surface area contributed by atoms with Crippen molar-refractivity contribution in [3.63, 3.8) is 0 Å². The molecule has 0 atom stereocenters. The Hall–Kier alpha value is -1.45. The molecule has 0 aromatic carbocycles. The lowest BCUT2D eigenvalue weighted by Gasteiger charge is -2.25. The number of aromatic nitrogens is 2. The molecular weight excluding hydrogens is 260 g/mol. The monoisotopic (exact) mass is 274 g/mol. The summed E-state index contributed by atoms with van der Waals surface area (Å²) in [7, 11) is -3.85. The highest BCUT2D eigenvalue weighted by Crippen LogP contribution is 2.20. The van der Waals surface area contributed by atoms with E-state index in [9.17, 15) is 13.2 Å². The van der Waals surface area contributed by atoms with E-state index in [0.717, 1.165) is 0 Å². The van der Waals surface area contributed by atoms with E-state index in [1.165, 1.54) is 11.2 Å². The van der Waals surface area contributed by atoms with Gasteiger partial charge >= 0.3 is 5.97 Å². The predicted octanol–water partition coefficient (Wildman–Crippen LogP) is -0.990. The number of hydrogen-bond donors (Lipinski definition) is 3. The van der Waals surface area contributed by atoms with Gasteiger partial charge in [-0.15, -0.1) is 0 Å². The van der Waals surface area contributed by atoms with E-state index in [1.807, 2.05) is 0 Å². The van der Waals surface area contributed by atoms with Gasteiger partial charge in [0.05, 0.1) is 0 Å². The number of aromatic amines is 1. The molecule has 3 N–H and O–H groups in total. The second kappa shape index (κ2) is 4.67. The number of rotatable bonds is 3. The van der Waals surface area contributed by atoms with Crippen LogP contribution in [-0.4, -0.2) is 60.2 Å². The maximum absolute atomic E-state index is 12.3. The summed E-state index contributed by atoms with van der Waals surface area (Å²) in [5.41, 5.74) is -0.0512. The van der Waals surface area contributed by atoms with Gasteiger partial charge in [-0.1, -0.05) is 0 Å². The standard InChI is InChI=1S/C9H14N4O4S/c1-6-7(9(14)15)8(12-11-6)18(16,17)13-4-2-10-3-5-13/h10H,2-5H2,1H3,(H,11,12)(H,14,15). The topological polar surface area (TPSA) is 115 Å². The minimum absolute atomic E-state index is 0.233. The van der Waals surface area contributed by atoms with Gasteiger partial charge in [-0.05, 0) is 6.92 Å². The van der Waals surface area contributed by atoms with Crippen molar-refractivity contribution in [3.8, 4) is 0 Å². The van der Waals surface area contributed by atoms with Crippen LogP contribution in [0.5, 0.6) is 0 Å². The zero-order valence-corrected chi connectivity index (χ0v) is 10.6. The van der Waals surface area contributed by atoms with Crippen LogP contribution in [0.3, 0.4) is 0 Å². The average molecular weight is 274 g/mol. The zero-order chi connectivity index (χ0) is 13.3. The Labute approximate surface area is 104 Å². The number of H-pyrrole nitrogens is 1. The van der Waals surface area contributed by atoms with Gasteiger partial charge in [0.15, 0.2) is 0 Å². The number of hydrogen-bond acceptors (Lipinski definition) is 5. The lowest BCUT2D eigenvalue weighted by atomic mass is 10.3. The van der Waals surface area contributed by atoms with E-state index in [0.29, 0.717) is 26.2 Å². The fourth-order valence-electron chi connectivity index (χ4n) is 1.85. The molecule has 0 aliphatic carbocycles. The third-order valence-electron chi connectivity index (χ3n) is 2.79. The minimum atomic E-state index is -3.85. The smallest absolute Gasteiger partial charge is 0.340 e. The number of nitrogens with zero attached hydrogens (tertiary/aromatic N) is 2. The molecule has 0 unspecified atom stereocenters. The lowest BCUT2D eigenvalue weighted by molar-refractivity contribution is 0.0691. The highest BCUT2D eigenvalue weighted by atomic mass is 32.2. The van der Waals surface area contributed by atoms with Gasteiger partial charge in [-0.2, -0.15) is 9.40 Å². The lowest BCUT2D eigenvalue weighted by Crippen LogP contribution is -2.46. The molecule has 1 aliphatic heterocycles. The van der Waals surface area contributed by atoms with Crippen LogP contribution in [0.25, 0.3) is 0 Å². The first-order chi connectivity index (χ1) is 8.44. The summed E-state index contributed by atoms with van der Waals surface area (Å²) in [6.07, 6.45) is 0. The molecule has 8 nitrogen and oxygen atoms in total. The molecule has 2 heterocycles. The van der Waals surface area contributed by atoms with Crippen LogP contribution < -0.4 is 5.32 Å². The fraction of sp³-hybridized carbons (Fsp3) is 0.556. The summed E-state index contributed by atoms with van der Waals surface area (Å²) in [4.78, 5) is 11.1. The van der Waals surface area contributed by atoms with E-state index in [1.54, 1.807) is 0 Å². The molecule has 18 heavy (non-hydrogen) atoms.